The van der Waals surface area contributed by atoms with Crippen LogP contribution in [0.3, 0.4) is 0 Å². The minimum Gasteiger partial charge on any atom is -0.264 e. The third kappa shape index (κ3) is 9.87. The minimum atomic E-state index is 0.380. The van der Waals surface area contributed by atoms with E-state index in [4.69, 9.17) is 0 Å². The van der Waals surface area contributed by atoms with Crippen molar-refractivity contribution in [1.29, 1.82) is 0 Å². The van der Waals surface area contributed by atoms with Gasteiger partial charge in [0.2, 0.25) is 0 Å². The van der Waals surface area contributed by atoms with Gasteiger partial charge in [-0.15, -0.1) is 0 Å². The van der Waals surface area contributed by atoms with Crippen molar-refractivity contribution in [1.82, 2.24) is 5.32 Å². The van der Waals surface area contributed by atoms with Gasteiger partial charge in [0.15, 0.2) is 0 Å². The van der Waals surface area contributed by atoms with Crippen LogP contribution in [0.15, 0.2) is 12.2 Å². The van der Waals surface area contributed by atoms with Crippen molar-refractivity contribution in [3.8, 4) is 0 Å². The van der Waals surface area contributed by atoms with Crippen LogP contribution < -0.4 is 5.32 Å². The fourth-order valence-electron chi connectivity index (χ4n) is 3.97. The van der Waals surface area contributed by atoms with Crippen LogP contribution in [0.4, 0.5) is 0 Å². The van der Waals surface area contributed by atoms with Gasteiger partial charge in [-0.1, -0.05) is 90.6 Å². The molecule has 1 unspecified atom stereocenters. The number of amides is 1. The van der Waals surface area contributed by atoms with E-state index in [1.54, 1.807) is 0 Å². The Morgan fingerprint density at radius 3 is 1.92 bits per heavy atom. The first-order chi connectivity index (χ1) is 12.7. The number of carbonyl (C=O) groups is 1. The molecule has 3 heteroatoms. The van der Waals surface area contributed by atoms with Crippen molar-refractivity contribution in [3.05, 3.63) is 12.2 Å². The molecule has 1 heterocycles. The molecule has 1 aliphatic heterocycles. The van der Waals surface area contributed by atoms with Gasteiger partial charge in [-0.05, 0) is 18.9 Å². The zero-order valence-electron chi connectivity index (χ0n) is 17.7. The molecule has 0 spiro atoms. The molecule has 1 aliphatic rings. The van der Waals surface area contributed by atoms with E-state index in [2.05, 4.69) is 24.4 Å². The Balaban J connectivity index is 1.92. The van der Waals surface area contributed by atoms with Gasteiger partial charge in [0.25, 0.3) is 0 Å². The summed E-state index contributed by atoms with van der Waals surface area (Å²) < 4.78 is 0.617. The normalized spacial score (nSPS) is 20.2. The second kappa shape index (κ2) is 15.4. The molecule has 1 amide bonds. The summed E-state index contributed by atoms with van der Waals surface area (Å²) in [5.41, 5.74) is 0. The van der Waals surface area contributed by atoms with Crippen LogP contribution in [0.25, 0.3) is 0 Å². The highest BCUT2D eigenvalue weighted by Gasteiger charge is 2.37. The highest BCUT2D eigenvalue weighted by Crippen LogP contribution is 2.14. The molecule has 0 bridgehead atoms. The monoisotopic (exact) mass is 365 g/mol. The summed E-state index contributed by atoms with van der Waals surface area (Å²) >= 11 is 0. The molecule has 1 atom stereocenters. The highest BCUT2D eigenvalue weighted by atomic mass is 16.2. The topological polar surface area (TPSA) is 29.1 Å². The first kappa shape index (κ1) is 23.4. The lowest BCUT2D eigenvalue weighted by atomic mass is 10.0. The molecule has 0 aromatic rings. The predicted molar refractivity (Wildman–Crippen MR) is 113 cm³/mol. The Kier molecular flexibility index (Phi) is 13.8. The van der Waals surface area contributed by atoms with Crippen molar-refractivity contribution >= 4 is 5.91 Å². The molecular formula is C23H45N2O+. The predicted octanol–water partition coefficient (Wildman–Crippen LogP) is 5.95. The lowest BCUT2D eigenvalue weighted by Crippen LogP contribution is -2.51. The smallest absolute Gasteiger partial charge is 0.264 e. The van der Waals surface area contributed by atoms with Crippen molar-refractivity contribution in [2.24, 2.45) is 0 Å². The number of nitrogens with zero attached hydrogens (tertiary/aromatic N) is 1. The van der Waals surface area contributed by atoms with Crippen LogP contribution in [0.5, 0.6) is 0 Å². The van der Waals surface area contributed by atoms with Crippen molar-refractivity contribution in [2.45, 2.75) is 104 Å². The second-order valence-electron chi connectivity index (χ2n) is 8.11. The molecule has 0 saturated carbocycles. The molecule has 3 nitrogen and oxygen atoms in total. The molecule has 152 valence electrons. The van der Waals surface area contributed by atoms with Gasteiger partial charge in [-0.25, -0.2) is 9.28 Å². The Morgan fingerprint density at radius 1 is 0.846 bits per heavy atom. The summed E-state index contributed by atoms with van der Waals surface area (Å²) in [6.07, 6.45) is 23.2. The van der Waals surface area contributed by atoms with Crippen molar-refractivity contribution < 1.29 is 9.28 Å². The molecule has 0 aromatic carbocycles. The fourth-order valence-corrected chi connectivity index (χ4v) is 3.97. The number of rotatable bonds is 16. The standard InChI is InChI=1S/C23H45N2O/c1-3-5-6-7-8-9-10-11-12-13-14-15-16-17-18-20-25(23(26)4-2)21-19-24-22-25/h17-18,24H,3-16,19-22H2,1-2H3/q+1. The maximum Gasteiger partial charge on any atom is 0.314 e. The highest BCUT2D eigenvalue weighted by molar-refractivity contribution is 5.68. The van der Waals surface area contributed by atoms with Crippen LogP contribution in [-0.4, -0.2) is 36.7 Å². The van der Waals surface area contributed by atoms with Gasteiger partial charge in [-0.3, -0.25) is 5.32 Å². The molecule has 0 aliphatic carbocycles. The maximum atomic E-state index is 12.2. The quantitative estimate of drug-likeness (QED) is 0.208. The van der Waals surface area contributed by atoms with Crippen LogP contribution in [0, 0.1) is 0 Å². The number of nitrogens with one attached hydrogen (secondary N) is 1. The van der Waals surface area contributed by atoms with E-state index in [0.717, 1.165) is 26.3 Å². The molecule has 0 radical (unpaired) electrons. The van der Waals surface area contributed by atoms with E-state index in [-0.39, 0.29) is 0 Å². The fraction of sp³-hybridized carbons (Fsp3) is 0.870. The third-order valence-corrected chi connectivity index (χ3v) is 5.81. The Labute approximate surface area is 163 Å². The average Bonchev–Trinajstić information content (AvgIpc) is 3.14. The van der Waals surface area contributed by atoms with Crippen LogP contribution >= 0.6 is 0 Å². The van der Waals surface area contributed by atoms with Crippen LogP contribution in [-0.2, 0) is 4.79 Å². The van der Waals surface area contributed by atoms with E-state index in [1.165, 1.54) is 83.5 Å². The van der Waals surface area contributed by atoms with Crippen molar-refractivity contribution in [2.75, 3.05) is 26.3 Å². The molecule has 1 N–H and O–H groups in total. The van der Waals surface area contributed by atoms with E-state index in [0.29, 0.717) is 16.8 Å². The molecule has 1 fully saturated rings. The van der Waals surface area contributed by atoms with Gasteiger partial charge in [0.05, 0.1) is 19.5 Å². The zero-order chi connectivity index (χ0) is 18.9. The van der Waals surface area contributed by atoms with E-state index in [1.807, 2.05) is 6.92 Å². The average molecular weight is 366 g/mol. The number of quaternary nitrogens is 1. The lowest BCUT2D eigenvalue weighted by Gasteiger charge is -2.28. The maximum absolute atomic E-state index is 12.2. The molecule has 26 heavy (non-hydrogen) atoms. The number of hydrogen-bond donors (Lipinski definition) is 1. The van der Waals surface area contributed by atoms with Crippen LogP contribution in [0.2, 0.25) is 0 Å². The van der Waals surface area contributed by atoms with Gasteiger partial charge >= 0.3 is 5.91 Å². The lowest BCUT2D eigenvalue weighted by molar-refractivity contribution is -0.836. The Bertz CT molecular complexity index is 372. The number of carbonyl (C=O) groups excluding carboxylic acids is 1. The number of allylic oxidation sites excluding steroid dienone is 1. The zero-order valence-corrected chi connectivity index (χ0v) is 17.7. The van der Waals surface area contributed by atoms with Crippen molar-refractivity contribution in [3.63, 3.8) is 0 Å². The van der Waals surface area contributed by atoms with Gasteiger partial charge < -0.3 is 0 Å². The first-order valence-corrected chi connectivity index (χ1v) is 11.5. The summed E-state index contributed by atoms with van der Waals surface area (Å²) in [6, 6.07) is 0. The molecule has 1 rings (SSSR count). The first-order valence-electron chi connectivity index (χ1n) is 11.5. The molecule has 0 aromatic heterocycles. The molecular weight excluding hydrogens is 320 g/mol. The molecule has 1 saturated heterocycles. The number of hydrogen-bond acceptors (Lipinski definition) is 2. The summed E-state index contributed by atoms with van der Waals surface area (Å²) in [5, 5.41) is 3.35. The summed E-state index contributed by atoms with van der Waals surface area (Å²) in [4.78, 5) is 12.2. The van der Waals surface area contributed by atoms with Gasteiger partial charge in [-0.2, -0.15) is 0 Å². The van der Waals surface area contributed by atoms with E-state index in [9.17, 15) is 4.79 Å². The Hall–Kier alpha value is -0.670. The van der Waals surface area contributed by atoms with Crippen LogP contribution in [0.1, 0.15) is 104 Å². The van der Waals surface area contributed by atoms with E-state index >= 15 is 0 Å². The second-order valence-corrected chi connectivity index (χ2v) is 8.11. The minimum absolute atomic E-state index is 0.380. The summed E-state index contributed by atoms with van der Waals surface area (Å²) in [7, 11) is 0. The van der Waals surface area contributed by atoms with Gasteiger partial charge in [0, 0.05) is 0 Å². The largest absolute Gasteiger partial charge is 0.314 e. The van der Waals surface area contributed by atoms with Gasteiger partial charge in [0.1, 0.15) is 13.2 Å². The Morgan fingerprint density at radius 2 is 1.42 bits per heavy atom. The SMILES string of the molecule is CCCCCCCCCCCCCCC=CC[N+]1(C(=O)CC)CCNC1. The third-order valence-electron chi connectivity index (χ3n) is 5.81. The summed E-state index contributed by atoms with van der Waals surface area (Å²) in [5.74, 6) is 0.380. The van der Waals surface area contributed by atoms with E-state index < -0.39 is 0 Å². The number of unbranched alkanes of at least 4 members (excludes halogenated alkanes) is 12. The summed E-state index contributed by atoms with van der Waals surface area (Å²) in [6.45, 7) is 7.88.